The second kappa shape index (κ2) is 7.49. The first-order chi connectivity index (χ1) is 8.13. The molecule has 1 rings (SSSR count). The fourth-order valence-corrected chi connectivity index (χ4v) is 2.35. The molecule has 0 aliphatic rings. The van der Waals surface area contributed by atoms with E-state index in [0.717, 1.165) is 12.2 Å². The predicted molar refractivity (Wildman–Crippen MR) is 73.6 cm³/mol. The zero-order valence-corrected chi connectivity index (χ0v) is 11.7. The molecule has 1 aromatic heterocycles. The lowest BCUT2D eigenvalue weighted by molar-refractivity contribution is -0.118. The fourth-order valence-electron chi connectivity index (χ4n) is 1.47. The zero-order chi connectivity index (χ0) is 12.7. The summed E-state index contributed by atoms with van der Waals surface area (Å²) in [5.74, 6) is 1.87. The number of nitrogens with zero attached hydrogens (tertiary/aromatic N) is 1. The molecule has 17 heavy (non-hydrogen) atoms. The molecule has 0 aliphatic carbocycles. The van der Waals surface area contributed by atoms with Gasteiger partial charge in [-0.3, -0.25) is 9.78 Å². The van der Waals surface area contributed by atoms with Crippen LogP contribution in [-0.2, 0) is 4.79 Å². The van der Waals surface area contributed by atoms with Crippen molar-refractivity contribution in [2.45, 2.75) is 50.8 Å². The standard InChI is InChI=1S/C14H21NOS/c1-4-13(16)6-5-7-17-14-8-12(11(2)3)9-15-10-14/h8-11H,4-7H2,1-3H3. The van der Waals surface area contributed by atoms with Crippen molar-refractivity contribution in [3.05, 3.63) is 24.0 Å². The van der Waals surface area contributed by atoms with Crippen LogP contribution < -0.4 is 0 Å². The molecule has 1 heterocycles. The molecule has 0 spiro atoms. The number of pyridine rings is 1. The van der Waals surface area contributed by atoms with Gasteiger partial charge < -0.3 is 0 Å². The lowest BCUT2D eigenvalue weighted by Gasteiger charge is -2.06. The summed E-state index contributed by atoms with van der Waals surface area (Å²) >= 11 is 1.79. The van der Waals surface area contributed by atoms with Crippen LogP contribution >= 0.6 is 11.8 Å². The molecule has 1 aromatic rings. The van der Waals surface area contributed by atoms with Gasteiger partial charge in [-0.05, 0) is 29.7 Å². The molecule has 0 N–H and O–H groups in total. The number of hydrogen-bond acceptors (Lipinski definition) is 3. The van der Waals surface area contributed by atoms with Gasteiger partial charge in [-0.1, -0.05) is 20.8 Å². The largest absolute Gasteiger partial charge is 0.300 e. The lowest BCUT2D eigenvalue weighted by Crippen LogP contribution is -1.95. The molecule has 0 saturated heterocycles. The van der Waals surface area contributed by atoms with Gasteiger partial charge in [0.25, 0.3) is 0 Å². The van der Waals surface area contributed by atoms with Crippen molar-refractivity contribution in [3.63, 3.8) is 0 Å². The summed E-state index contributed by atoms with van der Waals surface area (Å²) in [5, 5.41) is 0. The maximum Gasteiger partial charge on any atom is 0.132 e. The minimum atomic E-state index is 0.361. The molecule has 94 valence electrons. The average Bonchev–Trinajstić information content (AvgIpc) is 2.34. The predicted octanol–water partition coefficient (Wildman–Crippen LogP) is 4.06. The van der Waals surface area contributed by atoms with Crippen LogP contribution in [0.25, 0.3) is 0 Å². The molecule has 0 saturated carbocycles. The minimum absolute atomic E-state index is 0.361. The van der Waals surface area contributed by atoms with Crippen molar-refractivity contribution in [1.82, 2.24) is 4.98 Å². The summed E-state index contributed by atoms with van der Waals surface area (Å²) in [7, 11) is 0. The maximum absolute atomic E-state index is 11.1. The molecule has 3 heteroatoms. The van der Waals surface area contributed by atoms with Crippen LogP contribution in [0.5, 0.6) is 0 Å². The Kier molecular flexibility index (Phi) is 6.27. The maximum atomic E-state index is 11.1. The number of rotatable bonds is 7. The number of carbonyl (C=O) groups is 1. The Hall–Kier alpha value is -0.830. The molecule has 0 atom stereocenters. The molecular formula is C14H21NOS. The zero-order valence-electron chi connectivity index (χ0n) is 10.9. The lowest BCUT2D eigenvalue weighted by atomic mass is 10.1. The molecule has 0 aromatic carbocycles. The highest BCUT2D eigenvalue weighted by atomic mass is 32.2. The molecule has 0 bridgehead atoms. The van der Waals surface area contributed by atoms with Crippen molar-refractivity contribution < 1.29 is 4.79 Å². The highest BCUT2D eigenvalue weighted by Gasteiger charge is 2.02. The summed E-state index contributed by atoms with van der Waals surface area (Å²) in [5.41, 5.74) is 1.28. The second-order valence-electron chi connectivity index (χ2n) is 4.45. The number of ketones is 1. The van der Waals surface area contributed by atoms with Crippen molar-refractivity contribution in [3.8, 4) is 0 Å². The Morgan fingerprint density at radius 2 is 2.18 bits per heavy atom. The van der Waals surface area contributed by atoms with Crippen LogP contribution in [0, 0.1) is 0 Å². The quantitative estimate of drug-likeness (QED) is 0.541. The SMILES string of the molecule is CCC(=O)CCCSc1cncc(C(C)C)c1. The normalized spacial score (nSPS) is 10.8. The van der Waals surface area contributed by atoms with Crippen LogP contribution in [0.15, 0.2) is 23.4 Å². The Morgan fingerprint density at radius 1 is 1.41 bits per heavy atom. The van der Waals surface area contributed by atoms with Crippen molar-refractivity contribution in [2.75, 3.05) is 5.75 Å². The number of thioether (sulfide) groups is 1. The Morgan fingerprint density at radius 3 is 2.82 bits per heavy atom. The van der Waals surface area contributed by atoms with E-state index in [1.165, 1.54) is 10.5 Å². The summed E-state index contributed by atoms with van der Waals surface area (Å²) in [6, 6.07) is 2.20. The summed E-state index contributed by atoms with van der Waals surface area (Å²) in [6.45, 7) is 6.27. The van der Waals surface area contributed by atoms with Crippen molar-refractivity contribution in [1.29, 1.82) is 0 Å². The van der Waals surface area contributed by atoms with E-state index in [1.54, 1.807) is 11.8 Å². The van der Waals surface area contributed by atoms with Gasteiger partial charge in [0.15, 0.2) is 0 Å². The minimum Gasteiger partial charge on any atom is -0.300 e. The van der Waals surface area contributed by atoms with E-state index in [4.69, 9.17) is 0 Å². The number of carbonyl (C=O) groups excluding carboxylic acids is 1. The smallest absolute Gasteiger partial charge is 0.132 e. The third-order valence-electron chi connectivity index (χ3n) is 2.66. The van der Waals surface area contributed by atoms with Gasteiger partial charge in [-0.25, -0.2) is 0 Å². The number of Topliss-reactive ketones (excluding diaryl/α,β-unsaturated/α-hetero) is 1. The summed E-state index contributed by atoms with van der Waals surface area (Å²) in [6.07, 6.45) is 6.16. The molecule has 0 fully saturated rings. The van der Waals surface area contributed by atoms with Crippen LogP contribution in [0.3, 0.4) is 0 Å². The van der Waals surface area contributed by atoms with Crippen LogP contribution in [0.1, 0.15) is 51.5 Å². The summed E-state index contributed by atoms with van der Waals surface area (Å²) in [4.78, 5) is 16.6. The highest BCUT2D eigenvalue weighted by Crippen LogP contribution is 2.22. The van der Waals surface area contributed by atoms with E-state index in [1.807, 2.05) is 19.3 Å². The molecule has 0 unspecified atom stereocenters. The first-order valence-electron chi connectivity index (χ1n) is 6.23. The summed E-state index contributed by atoms with van der Waals surface area (Å²) < 4.78 is 0. The third-order valence-corrected chi connectivity index (χ3v) is 3.71. The van der Waals surface area contributed by atoms with E-state index < -0.39 is 0 Å². The Labute approximate surface area is 108 Å². The molecular weight excluding hydrogens is 230 g/mol. The van der Waals surface area contributed by atoms with Gasteiger partial charge in [-0.15, -0.1) is 11.8 Å². The van der Waals surface area contributed by atoms with Gasteiger partial charge >= 0.3 is 0 Å². The van der Waals surface area contributed by atoms with Gasteiger partial charge in [-0.2, -0.15) is 0 Å². The Bertz CT molecular complexity index is 363. The van der Waals surface area contributed by atoms with Gasteiger partial charge in [0, 0.05) is 30.1 Å². The molecule has 0 aliphatic heterocycles. The van der Waals surface area contributed by atoms with E-state index in [-0.39, 0.29) is 0 Å². The topological polar surface area (TPSA) is 30.0 Å². The number of hydrogen-bond donors (Lipinski definition) is 0. The molecule has 0 amide bonds. The number of aromatic nitrogens is 1. The monoisotopic (exact) mass is 251 g/mol. The first-order valence-corrected chi connectivity index (χ1v) is 7.21. The fraction of sp³-hybridized carbons (Fsp3) is 0.571. The third kappa shape index (κ3) is 5.35. The Balaban J connectivity index is 2.36. The van der Waals surface area contributed by atoms with Crippen LogP contribution in [0.2, 0.25) is 0 Å². The van der Waals surface area contributed by atoms with E-state index in [2.05, 4.69) is 24.9 Å². The van der Waals surface area contributed by atoms with Crippen molar-refractivity contribution >= 4 is 17.5 Å². The molecule has 0 radical (unpaired) electrons. The average molecular weight is 251 g/mol. The van der Waals surface area contributed by atoms with Gasteiger partial charge in [0.2, 0.25) is 0 Å². The second-order valence-corrected chi connectivity index (χ2v) is 5.62. The van der Waals surface area contributed by atoms with Crippen LogP contribution in [-0.4, -0.2) is 16.5 Å². The van der Waals surface area contributed by atoms with E-state index >= 15 is 0 Å². The van der Waals surface area contributed by atoms with Gasteiger partial charge in [0.05, 0.1) is 0 Å². The first kappa shape index (κ1) is 14.2. The molecule has 2 nitrogen and oxygen atoms in total. The highest BCUT2D eigenvalue weighted by molar-refractivity contribution is 7.99. The van der Waals surface area contributed by atoms with Crippen molar-refractivity contribution in [2.24, 2.45) is 0 Å². The van der Waals surface area contributed by atoms with Crippen LogP contribution in [0.4, 0.5) is 0 Å². The van der Waals surface area contributed by atoms with E-state index in [0.29, 0.717) is 24.5 Å². The van der Waals surface area contributed by atoms with E-state index in [9.17, 15) is 4.79 Å². The van der Waals surface area contributed by atoms with Gasteiger partial charge in [0.1, 0.15) is 5.78 Å².